The molecule has 1 radical (unpaired) electrons. The molecule has 0 bridgehead atoms. The lowest BCUT2D eigenvalue weighted by Crippen LogP contribution is -1.80. The summed E-state index contributed by atoms with van der Waals surface area (Å²) in [6, 6.07) is 0. The summed E-state index contributed by atoms with van der Waals surface area (Å²) in [5, 5.41) is 0. The van der Waals surface area contributed by atoms with Crippen molar-refractivity contribution in [2.45, 2.75) is 51.9 Å². The molecule has 0 saturated carbocycles. The Labute approximate surface area is 82.7 Å². The molecule has 0 saturated heterocycles. The third-order valence-corrected chi connectivity index (χ3v) is 2.55. The van der Waals surface area contributed by atoms with Crippen LogP contribution in [-0.4, -0.2) is 0 Å². The highest BCUT2D eigenvalue weighted by molar-refractivity contribution is 5.33. The highest BCUT2D eigenvalue weighted by atomic mass is 14.0. The summed E-state index contributed by atoms with van der Waals surface area (Å²) in [5.74, 6) is 0. The van der Waals surface area contributed by atoms with E-state index in [-0.39, 0.29) is 0 Å². The fraction of sp³-hybridized carbons (Fsp3) is 0.615. The lowest BCUT2D eigenvalue weighted by atomic mass is 10.1. The van der Waals surface area contributed by atoms with Gasteiger partial charge in [0.25, 0.3) is 0 Å². The number of allylic oxidation sites excluding steroid dienone is 4. The lowest BCUT2D eigenvalue weighted by molar-refractivity contribution is 0.608. The minimum atomic E-state index is 1.28. The molecule has 0 aliphatic heterocycles. The van der Waals surface area contributed by atoms with Crippen molar-refractivity contribution in [3.05, 3.63) is 30.2 Å². The molecule has 0 unspecified atom stereocenters. The van der Waals surface area contributed by atoms with E-state index in [9.17, 15) is 0 Å². The van der Waals surface area contributed by atoms with Crippen LogP contribution in [0.3, 0.4) is 0 Å². The summed E-state index contributed by atoms with van der Waals surface area (Å²) < 4.78 is 0. The van der Waals surface area contributed by atoms with E-state index in [0.29, 0.717) is 0 Å². The molecular weight excluding hydrogens is 156 g/mol. The van der Waals surface area contributed by atoms with Gasteiger partial charge in [0, 0.05) is 6.42 Å². The molecule has 0 aromatic carbocycles. The van der Waals surface area contributed by atoms with Crippen molar-refractivity contribution >= 4 is 0 Å². The number of hydrogen-bond donors (Lipinski definition) is 0. The maximum atomic E-state index is 2.27. The van der Waals surface area contributed by atoms with Gasteiger partial charge in [0.05, 0.1) is 0 Å². The second-order valence-corrected chi connectivity index (χ2v) is 3.81. The van der Waals surface area contributed by atoms with Gasteiger partial charge >= 0.3 is 0 Å². The molecular formula is C13H21. The Kier molecular flexibility index (Phi) is 5.64. The second-order valence-electron chi connectivity index (χ2n) is 3.81. The molecule has 0 spiro atoms. The Morgan fingerprint density at radius 2 is 1.77 bits per heavy atom. The summed E-state index contributed by atoms with van der Waals surface area (Å²) in [6.45, 7) is 2.27. The van der Waals surface area contributed by atoms with Gasteiger partial charge in [0.15, 0.2) is 0 Å². The summed E-state index contributed by atoms with van der Waals surface area (Å²) in [7, 11) is 0. The van der Waals surface area contributed by atoms with Gasteiger partial charge in [0.2, 0.25) is 0 Å². The van der Waals surface area contributed by atoms with Gasteiger partial charge in [-0.1, -0.05) is 62.8 Å². The second kappa shape index (κ2) is 6.94. The molecule has 0 heteroatoms. The van der Waals surface area contributed by atoms with Crippen molar-refractivity contribution in [2.24, 2.45) is 0 Å². The number of hydrogen-bond acceptors (Lipinski definition) is 0. The Balaban J connectivity index is 1.86. The highest BCUT2D eigenvalue weighted by Gasteiger charge is 1.97. The minimum Gasteiger partial charge on any atom is -0.0764 e. The zero-order valence-electron chi connectivity index (χ0n) is 8.76. The fourth-order valence-corrected chi connectivity index (χ4v) is 1.69. The molecule has 1 rings (SSSR count). The van der Waals surface area contributed by atoms with E-state index in [0.717, 1.165) is 0 Å². The third-order valence-electron chi connectivity index (χ3n) is 2.55. The van der Waals surface area contributed by atoms with Crippen LogP contribution in [0.4, 0.5) is 0 Å². The van der Waals surface area contributed by atoms with Crippen molar-refractivity contribution in [3.8, 4) is 0 Å². The van der Waals surface area contributed by atoms with Crippen LogP contribution in [0.15, 0.2) is 23.8 Å². The van der Waals surface area contributed by atoms with E-state index in [2.05, 4.69) is 31.6 Å². The Morgan fingerprint density at radius 3 is 2.46 bits per heavy atom. The normalized spacial score (nSPS) is 15.0. The standard InChI is InChI=1S/C13H21/c1-2-3-4-5-6-7-10-13-11-8-9-12-13/h8-9,11-12H,2-7,10H2,1H3. The molecule has 0 aromatic heterocycles. The van der Waals surface area contributed by atoms with Crippen molar-refractivity contribution < 1.29 is 0 Å². The maximum Gasteiger partial charge on any atom is 0.00535 e. The smallest absolute Gasteiger partial charge is 0.00535 e. The third kappa shape index (κ3) is 4.92. The molecule has 1 aliphatic rings. The van der Waals surface area contributed by atoms with E-state index in [4.69, 9.17) is 0 Å². The van der Waals surface area contributed by atoms with Crippen LogP contribution in [0.2, 0.25) is 0 Å². The first-order valence-electron chi connectivity index (χ1n) is 5.64. The summed E-state index contributed by atoms with van der Waals surface area (Å²) in [5.41, 5.74) is 1.51. The predicted octanol–water partition coefficient (Wildman–Crippen LogP) is 4.44. The first-order valence-corrected chi connectivity index (χ1v) is 5.64. The minimum absolute atomic E-state index is 1.28. The van der Waals surface area contributed by atoms with Gasteiger partial charge in [-0.3, -0.25) is 0 Å². The molecule has 0 aromatic rings. The molecule has 0 nitrogen and oxygen atoms in total. The monoisotopic (exact) mass is 177 g/mol. The first kappa shape index (κ1) is 10.6. The number of unbranched alkanes of at least 4 members (excludes halogenated alkanes) is 5. The van der Waals surface area contributed by atoms with Crippen LogP contribution in [0.1, 0.15) is 51.9 Å². The lowest BCUT2D eigenvalue weighted by Gasteiger charge is -2.00. The number of rotatable bonds is 7. The zero-order chi connectivity index (χ0) is 9.36. The quantitative estimate of drug-likeness (QED) is 0.504. The molecule has 0 amide bonds. The van der Waals surface area contributed by atoms with Crippen molar-refractivity contribution in [3.63, 3.8) is 0 Å². The van der Waals surface area contributed by atoms with Crippen molar-refractivity contribution in [1.29, 1.82) is 0 Å². The van der Waals surface area contributed by atoms with Gasteiger partial charge in [-0.2, -0.15) is 0 Å². The van der Waals surface area contributed by atoms with Crippen LogP contribution in [0.25, 0.3) is 0 Å². The zero-order valence-corrected chi connectivity index (χ0v) is 8.76. The molecule has 0 fully saturated rings. The Hall–Kier alpha value is -0.520. The van der Waals surface area contributed by atoms with Gasteiger partial charge in [0.1, 0.15) is 0 Å². The maximum absolute atomic E-state index is 2.27. The van der Waals surface area contributed by atoms with Gasteiger partial charge in [-0.25, -0.2) is 0 Å². The predicted molar refractivity (Wildman–Crippen MR) is 59.5 cm³/mol. The van der Waals surface area contributed by atoms with Crippen molar-refractivity contribution in [2.75, 3.05) is 0 Å². The summed E-state index contributed by atoms with van der Waals surface area (Å²) in [6.07, 6.45) is 18.4. The summed E-state index contributed by atoms with van der Waals surface area (Å²) in [4.78, 5) is 0. The highest BCUT2D eigenvalue weighted by Crippen LogP contribution is 2.16. The SMILES string of the molecule is CCCCCCCCC1=C[CH]C=C1. The fourth-order valence-electron chi connectivity index (χ4n) is 1.69. The topological polar surface area (TPSA) is 0 Å². The van der Waals surface area contributed by atoms with E-state index in [1.165, 1.54) is 50.5 Å². The Morgan fingerprint density at radius 1 is 1.00 bits per heavy atom. The van der Waals surface area contributed by atoms with E-state index >= 15 is 0 Å². The molecule has 0 heterocycles. The van der Waals surface area contributed by atoms with Gasteiger partial charge < -0.3 is 0 Å². The Bertz CT molecular complexity index is 174. The molecule has 1 aliphatic carbocycles. The van der Waals surface area contributed by atoms with Crippen LogP contribution in [0.5, 0.6) is 0 Å². The van der Waals surface area contributed by atoms with Crippen LogP contribution in [-0.2, 0) is 0 Å². The summed E-state index contributed by atoms with van der Waals surface area (Å²) >= 11 is 0. The van der Waals surface area contributed by atoms with Crippen LogP contribution < -0.4 is 0 Å². The van der Waals surface area contributed by atoms with Gasteiger partial charge in [-0.05, 0) is 12.8 Å². The average Bonchev–Trinajstić information content (AvgIpc) is 2.63. The van der Waals surface area contributed by atoms with Crippen molar-refractivity contribution in [1.82, 2.24) is 0 Å². The van der Waals surface area contributed by atoms with Crippen LogP contribution >= 0.6 is 0 Å². The molecule has 13 heavy (non-hydrogen) atoms. The van der Waals surface area contributed by atoms with Gasteiger partial charge in [-0.15, -0.1) is 0 Å². The molecule has 0 N–H and O–H groups in total. The first-order chi connectivity index (χ1) is 6.43. The van der Waals surface area contributed by atoms with E-state index in [1.54, 1.807) is 0 Å². The van der Waals surface area contributed by atoms with Crippen LogP contribution in [0, 0.1) is 6.42 Å². The average molecular weight is 177 g/mol. The van der Waals surface area contributed by atoms with E-state index in [1.807, 2.05) is 0 Å². The van der Waals surface area contributed by atoms with E-state index < -0.39 is 0 Å². The largest absolute Gasteiger partial charge is 0.0764 e. The molecule has 0 atom stereocenters. The molecule has 73 valence electrons.